The number of likely N-dealkylation sites (tertiary alicyclic amines) is 2. The number of aromatic amines is 1. The molecule has 1 spiro atoms. The summed E-state index contributed by atoms with van der Waals surface area (Å²) in [6.45, 7) is 3.73. The van der Waals surface area contributed by atoms with Crippen LogP contribution in [-0.4, -0.2) is 89.0 Å². The highest BCUT2D eigenvalue weighted by atomic mass is 16.5. The van der Waals surface area contributed by atoms with Crippen molar-refractivity contribution in [1.29, 1.82) is 0 Å². The van der Waals surface area contributed by atoms with Crippen molar-refractivity contribution in [2.45, 2.75) is 50.1 Å². The average Bonchev–Trinajstić information content (AvgIpc) is 3.46. The molecule has 5 rings (SSSR count). The minimum Gasteiger partial charge on any atom is -0.375 e. The Kier molecular flexibility index (Phi) is 4.86. The second kappa shape index (κ2) is 7.40. The number of nitrogens with one attached hydrogen (secondary N) is 1. The SMILES string of the molecule is COCC(=O)N1CCc2[nH]cnc2C12CCN(C(=O)CN1C[C@@H]3CC[C@H]1C3)CC2. The lowest BCUT2D eigenvalue weighted by Crippen LogP contribution is -2.60. The van der Waals surface area contributed by atoms with Crippen LogP contribution in [0.25, 0.3) is 0 Å². The second-order valence-corrected chi connectivity index (χ2v) is 9.13. The highest BCUT2D eigenvalue weighted by molar-refractivity contribution is 5.80. The molecule has 1 aromatic rings. The van der Waals surface area contributed by atoms with E-state index in [1.165, 1.54) is 19.3 Å². The molecule has 0 radical (unpaired) electrons. The molecular weight excluding hydrogens is 370 g/mol. The molecule has 1 N–H and O–H groups in total. The van der Waals surface area contributed by atoms with Gasteiger partial charge in [-0.2, -0.15) is 0 Å². The van der Waals surface area contributed by atoms with E-state index in [0.717, 1.165) is 43.1 Å². The number of amides is 2. The van der Waals surface area contributed by atoms with E-state index >= 15 is 0 Å². The Morgan fingerprint density at radius 1 is 1.24 bits per heavy atom. The van der Waals surface area contributed by atoms with E-state index in [1.807, 2.05) is 9.80 Å². The number of H-pyrrole nitrogens is 1. The third kappa shape index (κ3) is 3.17. The Morgan fingerprint density at radius 3 is 2.76 bits per heavy atom. The van der Waals surface area contributed by atoms with Gasteiger partial charge >= 0.3 is 0 Å². The summed E-state index contributed by atoms with van der Waals surface area (Å²) in [5, 5.41) is 0. The molecule has 8 heteroatoms. The first-order valence-electron chi connectivity index (χ1n) is 10.9. The molecule has 1 saturated carbocycles. The summed E-state index contributed by atoms with van der Waals surface area (Å²) >= 11 is 0. The van der Waals surface area contributed by atoms with E-state index in [0.29, 0.717) is 32.2 Å². The van der Waals surface area contributed by atoms with Crippen LogP contribution in [0.15, 0.2) is 6.33 Å². The third-order valence-electron chi connectivity index (χ3n) is 7.63. The van der Waals surface area contributed by atoms with Gasteiger partial charge < -0.3 is 19.5 Å². The van der Waals surface area contributed by atoms with Crippen LogP contribution in [-0.2, 0) is 26.3 Å². The molecule has 3 aliphatic heterocycles. The maximum atomic E-state index is 13.0. The third-order valence-corrected chi connectivity index (χ3v) is 7.63. The van der Waals surface area contributed by atoms with Crippen molar-refractivity contribution in [1.82, 2.24) is 24.7 Å². The van der Waals surface area contributed by atoms with Gasteiger partial charge in [0, 0.05) is 51.4 Å². The molecule has 3 fully saturated rings. The van der Waals surface area contributed by atoms with Gasteiger partial charge in [-0.15, -0.1) is 0 Å². The van der Waals surface area contributed by atoms with E-state index in [1.54, 1.807) is 13.4 Å². The van der Waals surface area contributed by atoms with Crippen molar-refractivity contribution < 1.29 is 14.3 Å². The van der Waals surface area contributed by atoms with Gasteiger partial charge in [0.15, 0.2) is 0 Å². The van der Waals surface area contributed by atoms with Gasteiger partial charge in [0.2, 0.25) is 11.8 Å². The number of rotatable bonds is 4. The van der Waals surface area contributed by atoms with E-state index in [9.17, 15) is 9.59 Å². The first kappa shape index (κ1) is 19.1. The van der Waals surface area contributed by atoms with Gasteiger partial charge in [0.1, 0.15) is 6.61 Å². The van der Waals surface area contributed by atoms with E-state index in [4.69, 9.17) is 4.74 Å². The largest absolute Gasteiger partial charge is 0.375 e. The molecule has 2 atom stereocenters. The van der Waals surface area contributed by atoms with Crippen LogP contribution in [0, 0.1) is 5.92 Å². The van der Waals surface area contributed by atoms with Crippen molar-refractivity contribution in [3.63, 3.8) is 0 Å². The molecular formula is C21H31N5O3. The molecule has 2 bridgehead atoms. The molecule has 1 aromatic heterocycles. The molecule has 8 nitrogen and oxygen atoms in total. The van der Waals surface area contributed by atoms with Crippen LogP contribution in [0.1, 0.15) is 43.5 Å². The summed E-state index contributed by atoms with van der Waals surface area (Å²) in [5.41, 5.74) is 1.68. The zero-order valence-electron chi connectivity index (χ0n) is 17.2. The zero-order chi connectivity index (χ0) is 20.0. The van der Waals surface area contributed by atoms with Gasteiger partial charge in [-0.1, -0.05) is 0 Å². The summed E-state index contributed by atoms with van der Waals surface area (Å²) in [7, 11) is 1.56. The lowest BCUT2D eigenvalue weighted by molar-refractivity contribution is -0.148. The smallest absolute Gasteiger partial charge is 0.249 e. The zero-order valence-corrected chi connectivity index (χ0v) is 17.2. The van der Waals surface area contributed by atoms with Gasteiger partial charge in [0.05, 0.1) is 24.1 Å². The number of hydrogen-bond donors (Lipinski definition) is 1. The Morgan fingerprint density at radius 2 is 2.07 bits per heavy atom. The summed E-state index contributed by atoms with van der Waals surface area (Å²) in [4.78, 5) is 40.0. The summed E-state index contributed by atoms with van der Waals surface area (Å²) in [6.07, 6.45) is 7.84. The average molecular weight is 402 g/mol. The van der Waals surface area contributed by atoms with Gasteiger partial charge in [-0.05, 0) is 38.0 Å². The van der Waals surface area contributed by atoms with Crippen LogP contribution in [0.2, 0.25) is 0 Å². The molecule has 0 aromatic carbocycles. The van der Waals surface area contributed by atoms with Gasteiger partial charge in [0.25, 0.3) is 0 Å². The number of imidazole rings is 1. The minimum atomic E-state index is -0.424. The predicted octanol–water partition coefficient (Wildman–Crippen LogP) is 0.743. The highest BCUT2D eigenvalue weighted by Crippen LogP contribution is 2.42. The van der Waals surface area contributed by atoms with Crippen molar-refractivity contribution in [3.05, 3.63) is 17.7 Å². The van der Waals surface area contributed by atoms with E-state index in [-0.39, 0.29) is 18.4 Å². The Bertz CT molecular complexity index is 785. The second-order valence-electron chi connectivity index (χ2n) is 9.13. The lowest BCUT2D eigenvalue weighted by atomic mass is 9.78. The standard InChI is InChI=1S/C21H31N5O3/c1-29-13-19(28)26-7-4-17-20(23-14-22-17)21(26)5-8-24(9-6-21)18(27)12-25-11-15-2-3-16(25)10-15/h14-16H,2-13H2,1H3,(H,22,23)/t15-,16+/m1/s1. The maximum Gasteiger partial charge on any atom is 0.249 e. The molecule has 2 saturated heterocycles. The van der Waals surface area contributed by atoms with Gasteiger partial charge in [-0.25, -0.2) is 4.98 Å². The van der Waals surface area contributed by atoms with Crippen molar-refractivity contribution in [3.8, 4) is 0 Å². The quantitative estimate of drug-likeness (QED) is 0.805. The number of methoxy groups -OCH3 is 1. The minimum absolute atomic E-state index is 0.00835. The van der Waals surface area contributed by atoms with E-state index in [2.05, 4.69) is 14.9 Å². The number of hydrogen-bond acceptors (Lipinski definition) is 5. The Labute approximate surface area is 171 Å². The Balaban J connectivity index is 1.29. The number of nitrogens with zero attached hydrogens (tertiary/aromatic N) is 4. The number of fused-ring (bicyclic) bond motifs is 4. The molecule has 29 heavy (non-hydrogen) atoms. The summed E-state index contributed by atoms with van der Waals surface area (Å²) in [5.74, 6) is 1.05. The monoisotopic (exact) mass is 401 g/mol. The fourth-order valence-electron chi connectivity index (χ4n) is 6.17. The first-order chi connectivity index (χ1) is 14.1. The lowest BCUT2D eigenvalue weighted by Gasteiger charge is -2.50. The number of carbonyl (C=O) groups is 2. The normalized spacial score (nSPS) is 28.2. The van der Waals surface area contributed by atoms with Crippen LogP contribution in [0.5, 0.6) is 0 Å². The number of aromatic nitrogens is 2. The highest BCUT2D eigenvalue weighted by Gasteiger charge is 2.49. The number of carbonyl (C=O) groups excluding carboxylic acids is 2. The fourth-order valence-corrected chi connectivity index (χ4v) is 6.17. The molecule has 1 aliphatic carbocycles. The van der Waals surface area contributed by atoms with Crippen molar-refractivity contribution in [2.75, 3.05) is 46.4 Å². The van der Waals surface area contributed by atoms with Crippen LogP contribution in [0.3, 0.4) is 0 Å². The molecule has 0 unspecified atom stereocenters. The predicted molar refractivity (Wildman–Crippen MR) is 106 cm³/mol. The van der Waals surface area contributed by atoms with Crippen molar-refractivity contribution >= 4 is 11.8 Å². The fraction of sp³-hybridized carbons (Fsp3) is 0.762. The maximum absolute atomic E-state index is 13.0. The van der Waals surface area contributed by atoms with Crippen molar-refractivity contribution in [2.24, 2.45) is 5.92 Å². The number of piperidine rings is 2. The summed E-state index contributed by atoms with van der Waals surface area (Å²) < 4.78 is 5.13. The molecule has 4 aliphatic rings. The molecule has 2 amide bonds. The van der Waals surface area contributed by atoms with Crippen LogP contribution >= 0.6 is 0 Å². The van der Waals surface area contributed by atoms with Crippen LogP contribution in [0.4, 0.5) is 0 Å². The van der Waals surface area contributed by atoms with Gasteiger partial charge in [-0.3, -0.25) is 14.5 Å². The van der Waals surface area contributed by atoms with E-state index < -0.39 is 5.54 Å². The Hall–Kier alpha value is -1.93. The molecule has 158 valence electrons. The van der Waals surface area contributed by atoms with Crippen LogP contribution < -0.4 is 0 Å². The first-order valence-corrected chi connectivity index (χ1v) is 10.9. The summed E-state index contributed by atoms with van der Waals surface area (Å²) in [6, 6.07) is 0.618. The molecule has 4 heterocycles. The number of ether oxygens (including phenoxy) is 1. The topological polar surface area (TPSA) is 81.8 Å².